The molecule has 0 aliphatic rings. The summed E-state index contributed by atoms with van der Waals surface area (Å²) in [5.41, 5.74) is 2.14. The summed E-state index contributed by atoms with van der Waals surface area (Å²) >= 11 is 0. The summed E-state index contributed by atoms with van der Waals surface area (Å²) in [7, 11) is 0. The van der Waals surface area contributed by atoms with Crippen LogP contribution in [0.15, 0.2) is 59.9 Å². The van der Waals surface area contributed by atoms with Gasteiger partial charge in [0, 0.05) is 11.8 Å². The molecule has 0 aliphatic heterocycles. The maximum atomic E-state index is 14.1. The Labute approximate surface area is 180 Å². The third-order valence-corrected chi connectivity index (χ3v) is 5.40. The van der Waals surface area contributed by atoms with Gasteiger partial charge in [-0.05, 0) is 43.0 Å². The molecule has 1 unspecified atom stereocenters. The zero-order valence-corrected chi connectivity index (χ0v) is 17.2. The van der Waals surface area contributed by atoms with Crippen molar-refractivity contribution in [1.29, 1.82) is 0 Å². The maximum absolute atomic E-state index is 14.1. The fourth-order valence-electron chi connectivity index (χ4n) is 3.96. The number of aromatic nitrogens is 5. The first-order chi connectivity index (χ1) is 15.4. The normalized spacial score (nSPS) is 12.4. The van der Waals surface area contributed by atoms with Crippen LogP contribution in [-0.4, -0.2) is 24.5 Å². The zero-order valence-electron chi connectivity index (χ0n) is 17.2. The average molecular weight is 432 g/mol. The van der Waals surface area contributed by atoms with E-state index in [1.807, 2.05) is 38.1 Å². The fourth-order valence-corrected chi connectivity index (χ4v) is 3.96. The fraction of sp³-hybridized carbons (Fsp3) is 0.130. The van der Waals surface area contributed by atoms with E-state index >= 15 is 0 Å². The summed E-state index contributed by atoms with van der Waals surface area (Å²) in [6.07, 6.45) is 2.91. The number of imidazole rings is 1. The summed E-state index contributed by atoms with van der Waals surface area (Å²) < 4.78 is 29.5. The van der Waals surface area contributed by atoms with Crippen LogP contribution in [0.1, 0.15) is 24.2 Å². The number of aromatic amines is 1. The Morgan fingerprint density at radius 2 is 1.84 bits per heavy atom. The van der Waals surface area contributed by atoms with Crippen molar-refractivity contribution >= 4 is 27.8 Å². The molecular weight excluding hydrogens is 414 g/mol. The Hall–Kier alpha value is -4.14. The minimum atomic E-state index is -0.766. The van der Waals surface area contributed by atoms with Gasteiger partial charge in [0.15, 0.2) is 11.5 Å². The van der Waals surface area contributed by atoms with E-state index in [1.54, 1.807) is 0 Å². The van der Waals surface area contributed by atoms with Crippen LogP contribution < -0.4 is 10.9 Å². The van der Waals surface area contributed by atoms with Gasteiger partial charge >= 0.3 is 0 Å². The highest BCUT2D eigenvalue weighted by atomic mass is 19.1. The molecule has 0 aliphatic carbocycles. The molecular formula is C23H18F2N6O. The predicted molar refractivity (Wildman–Crippen MR) is 118 cm³/mol. The number of benzene rings is 2. The molecule has 5 rings (SSSR count). The SMILES string of the molecule is Cc1cccc2cc(C(C)Nc3ncnc4[nH]cnc34)n(-c3cc(F)cc(F)c3)c(=O)c12. The Balaban J connectivity index is 1.74. The third kappa shape index (κ3) is 3.27. The number of fused-ring (bicyclic) bond motifs is 2. The Morgan fingerprint density at radius 1 is 1.06 bits per heavy atom. The molecule has 0 saturated heterocycles. The van der Waals surface area contributed by atoms with Crippen molar-refractivity contribution in [2.45, 2.75) is 19.9 Å². The number of pyridine rings is 1. The van der Waals surface area contributed by atoms with Crippen LogP contribution in [0.5, 0.6) is 0 Å². The van der Waals surface area contributed by atoms with Crippen LogP contribution in [0.25, 0.3) is 27.6 Å². The summed E-state index contributed by atoms with van der Waals surface area (Å²) in [6.45, 7) is 3.67. The number of hydrogen-bond donors (Lipinski definition) is 2. The molecule has 2 N–H and O–H groups in total. The molecule has 0 radical (unpaired) electrons. The van der Waals surface area contributed by atoms with Crippen LogP contribution in [0.3, 0.4) is 0 Å². The van der Waals surface area contributed by atoms with Gasteiger partial charge in [0.25, 0.3) is 5.56 Å². The smallest absolute Gasteiger partial charge is 0.263 e. The van der Waals surface area contributed by atoms with E-state index in [0.717, 1.165) is 29.1 Å². The lowest BCUT2D eigenvalue weighted by Gasteiger charge is -2.22. The van der Waals surface area contributed by atoms with Crippen LogP contribution in [0.4, 0.5) is 14.6 Å². The van der Waals surface area contributed by atoms with E-state index in [0.29, 0.717) is 28.1 Å². The Kier molecular flexibility index (Phi) is 4.66. The second-order valence-corrected chi connectivity index (χ2v) is 7.56. The molecule has 0 fully saturated rings. The first-order valence-electron chi connectivity index (χ1n) is 9.95. The lowest BCUT2D eigenvalue weighted by Crippen LogP contribution is -2.26. The lowest BCUT2D eigenvalue weighted by molar-refractivity contribution is 0.580. The van der Waals surface area contributed by atoms with Gasteiger partial charge in [0.2, 0.25) is 0 Å². The molecule has 0 bridgehead atoms. The highest BCUT2D eigenvalue weighted by molar-refractivity contribution is 5.86. The molecule has 0 saturated carbocycles. The molecule has 2 aromatic carbocycles. The van der Waals surface area contributed by atoms with Crippen molar-refractivity contribution in [3.05, 3.63) is 88.4 Å². The van der Waals surface area contributed by atoms with Gasteiger partial charge in [-0.1, -0.05) is 18.2 Å². The van der Waals surface area contributed by atoms with E-state index in [1.165, 1.54) is 17.2 Å². The highest BCUT2D eigenvalue weighted by Crippen LogP contribution is 2.27. The van der Waals surface area contributed by atoms with E-state index in [2.05, 4.69) is 25.3 Å². The second-order valence-electron chi connectivity index (χ2n) is 7.56. The van der Waals surface area contributed by atoms with Gasteiger partial charge in [-0.3, -0.25) is 9.36 Å². The number of halogens is 2. The van der Waals surface area contributed by atoms with Gasteiger partial charge in [-0.25, -0.2) is 23.7 Å². The number of rotatable bonds is 4. The summed E-state index contributed by atoms with van der Waals surface area (Å²) in [4.78, 5) is 29.1. The number of hydrogen-bond acceptors (Lipinski definition) is 5. The van der Waals surface area contributed by atoms with E-state index in [9.17, 15) is 13.6 Å². The molecule has 5 aromatic rings. The summed E-state index contributed by atoms with van der Waals surface area (Å²) in [5, 5.41) is 4.48. The molecule has 0 amide bonds. The van der Waals surface area contributed by atoms with Crippen LogP contribution in [0.2, 0.25) is 0 Å². The first-order valence-corrected chi connectivity index (χ1v) is 9.95. The standard InChI is InChI=1S/C23H18F2N6O/c1-12-4-3-5-14-6-18(13(2)30-22-20-21(27-10-26-20)28-11-29-22)31(23(32)19(12)14)17-8-15(24)7-16(25)9-17/h3-11,13H,1-2H3,(H2,26,27,28,29,30). The molecule has 0 spiro atoms. The highest BCUT2D eigenvalue weighted by Gasteiger charge is 2.20. The average Bonchev–Trinajstić information content (AvgIpc) is 3.22. The van der Waals surface area contributed by atoms with Gasteiger partial charge < -0.3 is 10.3 Å². The molecule has 32 heavy (non-hydrogen) atoms. The van der Waals surface area contributed by atoms with Gasteiger partial charge in [-0.15, -0.1) is 0 Å². The van der Waals surface area contributed by atoms with Crippen LogP contribution in [0, 0.1) is 18.6 Å². The van der Waals surface area contributed by atoms with E-state index in [4.69, 9.17) is 0 Å². The van der Waals surface area contributed by atoms with Gasteiger partial charge in [-0.2, -0.15) is 0 Å². The molecule has 160 valence electrons. The first kappa shape index (κ1) is 19.8. The molecule has 3 heterocycles. The minimum Gasteiger partial charge on any atom is -0.360 e. The number of aryl methyl sites for hydroxylation is 1. The largest absolute Gasteiger partial charge is 0.360 e. The monoisotopic (exact) mass is 432 g/mol. The van der Waals surface area contributed by atoms with Crippen molar-refractivity contribution in [1.82, 2.24) is 24.5 Å². The van der Waals surface area contributed by atoms with Crippen molar-refractivity contribution in [3.63, 3.8) is 0 Å². The zero-order chi connectivity index (χ0) is 22.4. The predicted octanol–water partition coefficient (Wildman–Crippen LogP) is 4.42. The minimum absolute atomic E-state index is 0.105. The van der Waals surface area contributed by atoms with Gasteiger partial charge in [0.1, 0.15) is 23.5 Å². The van der Waals surface area contributed by atoms with Crippen LogP contribution in [-0.2, 0) is 0 Å². The summed E-state index contributed by atoms with van der Waals surface area (Å²) in [5.74, 6) is -1.06. The number of H-pyrrole nitrogens is 1. The summed E-state index contributed by atoms with van der Waals surface area (Å²) in [6, 6.07) is 9.97. The molecule has 9 heteroatoms. The number of nitrogens with one attached hydrogen (secondary N) is 2. The van der Waals surface area contributed by atoms with E-state index < -0.39 is 17.7 Å². The molecule has 1 atom stereocenters. The van der Waals surface area contributed by atoms with Crippen LogP contribution >= 0.6 is 0 Å². The molecule has 7 nitrogen and oxygen atoms in total. The second kappa shape index (κ2) is 7.52. The van der Waals surface area contributed by atoms with Crippen molar-refractivity contribution in [2.24, 2.45) is 0 Å². The van der Waals surface area contributed by atoms with E-state index in [-0.39, 0.29) is 11.2 Å². The Morgan fingerprint density at radius 3 is 2.62 bits per heavy atom. The number of anilines is 1. The number of nitrogens with zero attached hydrogens (tertiary/aromatic N) is 4. The topological polar surface area (TPSA) is 88.5 Å². The maximum Gasteiger partial charge on any atom is 0.263 e. The quantitative estimate of drug-likeness (QED) is 0.439. The van der Waals surface area contributed by atoms with Gasteiger partial charge in [0.05, 0.1) is 23.4 Å². The molecule has 3 aromatic heterocycles. The van der Waals surface area contributed by atoms with Crippen molar-refractivity contribution in [2.75, 3.05) is 5.32 Å². The third-order valence-electron chi connectivity index (χ3n) is 5.40. The Bertz CT molecular complexity index is 1520. The van der Waals surface area contributed by atoms with Crippen molar-refractivity contribution in [3.8, 4) is 5.69 Å². The lowest BCUT2D eigenvalue weighted by atomic mass is 10.0. The van der Waals surface area contributed by atoms with Crippen molar-refractivity contribution < 1.29 is 8.78 Å².